The Kier molecular flexibility index (Phi) is 2.96. The molecule has 1 heterocycles. The molecule has 1 nitrogen and oxygen atoms in total. The number of hydrogen-bond acceptors (Lipinski definition) is 2. The second-order valence-corrected chi connectivity index (χ2v) is 5.61. The molecule has 2 aromatic rings. The van der Waals surface area contributed by atoms with Gasteiger partial charge in [0, 0.05) is 16.8 Å². The Labute approximate surface area is 118 Å². The maximum Gasteiger partial charge on any atom is 0.0550 e. The molecule has 19 heavy (non-hydrogen) atoms. The monoisotopic (exact) mass is 265 g/mol. The molecule has 0 radical (unpaired) electrons. The highest BCUT2D eigenvalue weighted by Gasteiger charge is 2.20. The maximum atomic E-state index is 3.83. The number of rotatable bonds is 2. The van der Waals surface area contributed by atoms with Gasteiger partial charge in [-0.2, -0.15) is 0 Å². The molecule has 0 atom stereocenters. The van der Waals surface area contributed by atoms with Gasteiger partial charge in [0.25, 0.3) is 0 Å². The highest BCUT2D eigenvalue weighted by atomic mass is 32.2. The van der Waals surface area contributed by atoms with Crippen LogP contribution in [0, 0.1) is 0 Å². The van der Waals surface area contributed by atoms with E-state index in [0.717, 1.165) is 11.1 Å². The molecular formula is C17H15NS. The highest BCUT2D eigenvalue weighted by Crippen LogP contribution is 2.47. The topological polar surface area (TPSA) is 3.24 Å². The van der Waals surface area contributed by atoms with Crippen LogP contribution in [0.2, 0.25) is 0 Å². The maximum absolute atomic E-state index is 3.83. The van der Waals surface area contributed by atoms with Gasteiger partial charge in [-0.1, -0.05) is 49.2 Å². The molecule has 2 heteroatoms. The number of anilines is 2. The zero-order chi connectivity index (χ0) is 13.4. The first-order valence-electron chi connectivity index (χ1n) is 6.17. The molecule has 0 saturated carbocycles. The Morgan fingerprint density at radius 2 is 1.37 bits per heavy atom. The summed E-state index contributed by atoms with van der Waals surface area (Å²) in [5.41, 5.74) is 4.80. The van der Waals surface area contributed by atoms with E-state index in [2.05, 4.69) is 61.5 Å². The molecular weight excluding hydrogens is 250 g/mol. The predicted octanol–water partition coefficient (Wildman–Crippen LogP) is 5.21. The van der Waals surface area contributed by atoms with Crippen molar-refractivity contribution in [2.24, 2.45) is 0 Å². The van der Waals surface area contributed by atoms with E-state index < -0.39 is 0 Å². The number of hydrogen-bond donors (Lipinski definition) is 0. The fourth-order valence-corrected chi connectivity index (χ4v) is 3.53. The minimum absolute atomic E-state index is 1.16. The van der Waals surface area contributed by atoms with Gasteiger partial charge in [0.1, 0.15) is 0 Å². The van der Waals surface area contributed by atoms with E-state index >= 15 is 0 Å². The molecule has 1 aliphatic rings. The molecule has 0 spiro atoms. The van der Waals surface area contributed by atoms with Gasteiger partial charge >= 0.3 is 0 Å². The Morgan fingerprint density at radius 1 is 0.895 bits per heavy atom. The van der Waals surface area contributed by atoms with E-state index in [1.165, 1.54) is 21.2 Å². The van der Waals surface area contributed by atoms with Gasteiger partial charge in [-0.25, -0.2) is 0 Å². The van der Waals surface area contributed by atoms with Crippen molar-refractivity contribution >= 4 is 35.3 Å². The average Bonchev–Trinajstić information content (AvgIpc) is 2.46. The Hall–Kier alpha value is -1.93. The van der Waals surface area contributed by atoms with Crippen molar-refractivity contribution < 1.29 is 0 Å². The summed E-state index contributed by atoms with van der Waals surface area (Å²) < 4.78 is 0. The largest absolute Gasteiger partial charge is 0.343 e. The lowest BCUT2D eigenvalue weighted by atomic mass is 10.1. The smallest absolute Gasteiger partial charge is 0.0550 e. The Morgan fingerprint density at radius 3 is 1.79 bits per heavy atom. The van der Waals surface area contributed by atoms with Crippen LogP contribution in [-0.2, 0) is 0 Å². The van der Waals surface area contributed by atoms with Crippen LogP contribution >= 0.6 is 11.8 Å². The molecule has 94 valence electrons. The third kappa shape index (κ3) is 1.98. The van der Waals surface area contributed by atoms with Gasteiger partial charge in [-0.05, 0) is 35.4 Å². The molecule has 0 saturated heterocycles. The fraction of sp³-hybridized carbons (Fsp3) is 0.0588. The molecule has 2 aromatic carbocycles. The lowest BCUT2D eigenvalue weighted by Crippen LogP contribution is -2.14. The summed E-state index contributed by atoms with van der Waals surface area (Å²) in [5, 5.41) is 0. The van der Waals surface area contributed by atoms with Gasteiger partial charge in [0.15, 0.2) is 0 Å². The number of benzene rings is 2. The third-order valence-corrected chi connectivity index (χ3v) is 4.48. The van der Waals surface area contributed by atoms with Crippen LogP contribution in [-0.4, -0.2) is 7.05 Å². The SMILES string of the molecule is C=Cc1ccc2c(c1)Sc1cc(C=C)ccc1N2C. The minimum Gasteiger partial charge on any atom is -0.343 e. The number of nitrogens with zero attached hydrogens (tertiary/aromatic N) is 1. The summed E-state index contributed by atoms with van der Waals surface area (Å²) >= 11 is 1.81. The van der Waals surface area contributed by atoms with E-state index in [1.54, 1.807) is 0 Å². The van der Waals surface area contributed by atoms with Crippen molar-refractivity contribution in [2.75, 3.05) is 11.9 Å². The van der Waals surface area contributed by atoms with E-state index in [1.807, 2.05) is 23.9 Å². The van der Waals surface area contributed by atoms with Crippen LogP contribution < -0.4 is 4.90 Å². The summed E-state index contributed by atoms with van der Waals surface area (Å²) in [6.07, 6.45) is 3.77. The van der Waals surface area contributed by atoms with Crippen molar-refractivity contribution in [2.45, 2.75) is 9.79 Å². The Bertz CT molecular complexity index is 615. The second-order valence-electron chi connectivity index (χ2n) is 4.52. The zero-order valence-electron chi connectivity index (χ0n) is 10.9. The number of fused-ring (bicyclic) bond motifs is 2. The van der Waals surface area contributed by atoms with E-state index in [4.69, 9.17) is 0 Å². The van der Waals surface area contributed by atoms with Gasteiger partial charge in [-0.3, -0.25) is 0 Å². The first-order chi connectivity index (χ1) is 9.22. The second kappa shape index (κ2) is 4.63. The van der Waals surface area contributed by atoms with E-state index in [9.17, 15) is 0 Å². The zero-order valence-corrected chi connectivity index (χ0v) is 11.7. The van der Waals surface area contributed by atoms with Crippen LogP contribution in [0.5, 0.6) is 0 Å². The van der Waals surface area contributed by atoms with Crippen LogP contribution in [0.1, 0.15) is 11.1 Å². The van der Waals surface area contributed by atoms with Crippen molar-refractivity contribution in [3.63, 3.8) is 0 Å². The van der Waals surface area contributed by atoms with Crippen LogP contribution in [0.3, 0.4) is 0 Å². The quantitative estimate of drug-likeness (QED) is 0.733. The average molecular weight is 265 g/mol. The first-order valence-corrected chi connectivity index (χ1v) is 6.99. The van der Waals surface area contributed by atoms with Gasteiger partial charge in [-0.15, -0.1) is 0 Å². The lowest BCUT2D eigenvalue weighted by molar-refractivity contribution is 1.11. The van der Waals surface area contributed by atoms with E-state index in [-0.39, 0.29) is 0 Å². The van der Waals surface area contributed by atoms with Gasteiger partial charge in [0.05, 0.1) is 11.4 Å². The summed E-state index contributed by atoms with van der Waals surface area (Å²) in [6, 6.07) is 12.9. The lowest BCUT2D eigenvalue weighted by Gasteiger charge is -2.29. The predicted molar refractivity (Wildman–Crippen MR) is 85.3 cm³/mol. The summed E-state index contributed by atoms with van der Waals surface area (Å²) in [7, 11) is 2.11. The first kappa shape index (κ1) is 12.1. The molecule has 0 aromatic heterocycles. The molecule has 0 aliphatic carbocycles. The molecule has 0 unspecified atom stereocenters. The summed E-state index contributed by atoms with van der Waals surface area (Å²) in [6.45, 7) is 7.67. The van der Waals surface area contributed by atoms with E-state index in [0.29, 0.717) is 0 Å². The van der Waals surface area contributed by atoms with Gasteiger partial charge in [0.2, 0.25) is 0 Å². The molecule has 0 amide bonds. The normalized spacial score (nSPS) is 12.6. The van der Waals surface area contributed by atoms with Crippen molar-refractivity contribution in [3.8, 4) is 0 Å². The van der Waals surface area contributed by atoms with Crippen LogP contribution in [0.15, 0.2) is 59.3 Å². The molecule has 0 bridgehead atoms. The molecule has 3 rings (SSSR count). The van der Waals surface area contributed by atoms with Crippen molar-refractivity contribution in [1.82, 2.24) is 0 Å². The molecule has 0 N–H and O–H groups in total. The summed E-state index contributed by atoms with van der Waals surface area (Å²) in [4.78, 5) is 4.78. The molecule has 0 fully saturated rings. The highest BCUT2D eigenvalue weighted by molar-refractivity contribution is 7.99. The third-order valence-electron chi connectivity index (χ3n) is 3.38. The van der Waals surface area contributed by atoms with Crippen molar-refractivity contribution in [3.05, 3.63) is 60.7 Å². The molecule has 1 aliphatic heterocycles. The summed E-state index contributed by atoms with van der Waals surface area (Å²) in [5.74, 6) is 0. The van der Waals surface area contributed by atoms with Crippen LogP contribution in [0.4, 0.5) is 11.4 Å². The minimum atomic E-state index is 1.16. The standard InChI is InChI=1S/C17H15NS/c1-4-12-6-8-14-16(10-12)19-17-11-13(5-2)7-9-15(17)18(14)3/h4-11H,1-2H2,3H3. The fourth-order valence-electron chi connectivity index (χ4n) is 2.28. The van der Waals surface area contributed by atoms with Gasteiger partial charge < -0.3 is 4.90 Å². The Balaban J connectivity index is 2.13. The van der Waals surface area contributed by atoms with Crippen molar-refractivity contribution in [1.29, 1.82) is 0 Å². The van der Waals surface area contributed by atoms with Crippen LogP contribution in [0.25, 0.3) is 12.2 Å².